The molecule has 166 valence electrons. The smallest absolute Gasteiger partial charge is 0.406 e. The molecular formula is C18H14F6N4O3. The van der Waals surface area contributed by atoms with Crippen LogP contribution in [0.4, 0.5) is 26.3 Å². The summed E-state index contributed by atoms with van der Waals surface area (Å²) in [6.07, 6.45) is -8.61. The molecular weight excluding hydrogens is 434 g/mol. The first-order chi connectivity index (χ1) is 14.6. The van der Waals surface area contributed by atoms with Crippen LogP contribution in [0.2, 0.25) is 0 Å². The number of tetrazole rings is 1. The van der Waals surface area contributed by atoms with Crippen molar-refractivity contribution in [3.63, 3.8) is 0 Å². The van der Waals surface area contributed by atoms with Gasteiger partial charge in [-0.3, -0.25) is 0 Å². The van der Waals surface area contributed by atoms with E-state index >= 15 is 0 Å². The topological polar surface area (TPSA) is 82.3 Å². The molecule has 1 atom stereocenters. The minimum Gasteiger partial charge on any atom is -0.406 e. The Kier molecular flexibility index (Phi) is 6.34. The normalized spacial score (nSPS) is 13.3. The summed E-state index contributed by atoms with van der Waals surface area (Å²) < 4.78 is 82.2. The van der Waals surface area contributed by atoms with Gasteiger partial charge in [0.15, 0.2) is 6.33 Å². The van der Waals surface area contributed by atoms with Crippen LogP contribution < -0.4 is 9.47 Å². The number of hydrogen-bond donors (Lipinski definition) is 1. The monoisotopic (exact) mass is 448 g/mol. The molecule has 1 heterocycles. The van der Waals surface area contributed by atoms with Crippen molar-refractivity contribution >= 4 is 0 Å². The SMILES string of the molecule is OCC(C(c1ccc(OC(F)(F)F)cc1)c1ccc(OC(F)(F)F)cc1)n1ncnn1. The maximum atomic E-state index is 12.4. The fourth-order valence-corrected chi connectivity index (χ4v) is 3.03. The van der Waals surface area contributed by atoms with Crippen LogP contribution >= 0.6 is 0 Å². The first-order valence-corrected chi connectivity index (χ1v) is 8.60. The molecule has 0 amide bonds. The van der Waals surface area contributed by atoms with Crippen molar-refractivity contribution in [1.29, 1.82) is 0 Å². The van der Waals surface area contributed by atoms with Gasteiger partial charge in [0, 0.05) is 5.92 Å². The van der Waals surface area contributed by atoms with Crippen molar-refractivity contribution in [2.24, 2.45) is 0 Å². The fraction of sp³-hybridized carbons (Fsp3) is 0.278. The molecule has 3 rings (SSSR count). The molecule has 3 aromatic rings. The Morgan fingerprint density at radius 3 is 1.58 bits per heavy atom. The predicted molar refractivity (Wildman–Crippen MR) is 92.0 cm³/mol. The minimum absolute atomic E-state index is 0.426. The number of ether oxygens (including phenoxy) is 2. The van der Waals surface area contributed by atoms with Crippen molar-refractivity contribution in [2.45, 2.75) is 24.7 Å². The molecule has 0 saturated heterocycles. The molecule has 0 aliphatic carbocycles. The summed E-state index contributed by atoms with van der Waals surface area (Å²) in [4.78, 5) is 1.10. The Balaban J connectivity index is 1.97. The van der Waals surface area contributed by atoms with E-state index < -0.39 is 42.8 Å². The van der Waals surface area contributed by atoms with E-state index in [4.69, 9.17) is 0 Å². The number of hydrogen-bond acceptors (Lipinski definition) is 6. The third-order valence-corrected chi connectivity index (χ3v) is 4.18. The van der Waals surface area contributed by atoms with Crippen LogP contribution in [-0.2, 0) is 0 Å². The van der Waals surface area contributed by atoms with Gasteiger partial charge < -0.3 is 14.6 Å². The zero-order valence-corrected chi connectivity index (χ0v) is 15.4. The average molecular weight is 448 g/mol. The summed E-state index contributed by atoms with van der Waals surface area (Å²) in [5.41, 5.74) is 0.853. The van der Waals surface area contributed by atoms with Crippen LogP contribution in [0.25, 0.3) is 0 Å². The van der Waals surface area contributed by atoms with Crippen molar-refractivity contribution in [2.75, 3.05) is 6.61 Å². The van der Waals surface area contributed by atoms with Gasteiger partial charge in [-0.15, -0.1) is 36.5 Å². The lowest BCUT2D eigenvalue weighted by molar-refractivity contribution is -0.275. The molecule has 1 unspecified atom stereocenters. The fourth-order valence-electron chi connectivity index (χ4n) is 3.03. The largest absolute Gasteiger partial charge is 0.573 e. The third-order valence-electron chi connectivity index (χ3n) is 4.18. The highest BCUT2D eigenvalue weighted by molar-refractivity contribution is 5.39. The molecule has 1 aromatic heterocycles. The molecule has 13 heteroatoms. The zero-order chi connectivity index (χ0) is 22.6. The van der Waals surface area contributed by atoms with Crippen LogP contribution in [0, 0.1) is 0 Å². The van der Waals surface area contributed by atoms with Gasteiger partial charge in [0.1, 0.15) is 17.5 Å². The molecule has 2 aromatic carbocycles. The van der Waals surface area contributed by atoms with Crippen molar-refractivity contribution in [3.8, 4) is 11.5 Å². The van der Waals surface area contributed by atoms with E-state index in [1.807, 2.05) is 0 Å². The molecule has 0 aliphatic rings. The van der Waals surface area contributed by atoms with Crippen LogP contribution in [0.1, 0.15) is 23.1 Å². The minimum atomic E-state index is -4.87. The standard InChI is InChI=1S/C18H14F6N4O3/c19-17(20,21)30-13-5-1-11(2-6-13)16(15(9-29)28-26-10-25-27-28)12-3-7-14(8-4-12)31-18(22,23)24/h1-8,10,15-16,29H,9H2. The van der Waals surface area contributed by atoms with Crippen molar-refractivity contribution in [1.82, 2.24) is 20.2 Å². The molecule has 0 fully saturated rings. The van der Waals surface area contributed by atoms with Gasteiger partial charge in [0.25, 0.3) is 0 Å². The molecule has 31 heavy (non-hydrogen) atoms. The second kappa shape index (κ2) is 8.79. The molecule has 0 spiro atoms. The summed E-state index contributed by atoms with van der Waals surface area (Å²) >= 11 is 0. The second-order valence-corrected chi connectivity index (χ2v) is 6.22. The van der Waals surface area contributed by atoms with E-state index in [1.165, 1.54) is 24.3 Å². The Morgan fingerprint density at radius 1 is 0.806 bits per heavy atom. The van der Waals surface area contributed by atoms with Gasteiger partial charge in [-0.1, -0.05) is 24.3 Å². The molecule has 0 radical (unpaired) electrons. The maximum Gasteiger partial charge on any atom is 0.573 e. The average Bonchev–Trinajstić information content (AvgIpc) is 3.20. The predicted octanol–water partition coefficient (Wildman–Crippen LogP) is 3.84. The van der Waals surface area contributed by atoms with Gasteiger partial charge in [-0.2, -0.15) is 4.80 Å². The van der Waals surface area contributed by atoms with Gasteiger partial charge in [-0.05, 0) is 40.6 Å². The summed E-state index contributed by atoms with van der Waals surface area (Å²) in [5.74, 6) is -1.66. The lowest BCUT2D eigenvalue weighted by Crippen LogP contribution is -2.25. The Labute approximate surface area is 170 Å². The van der Waals surface area contributed by atoms with Crippen molar-refractivity contribution < 1.29 is 40.9 Å². The highest BCUT2D eigenvalue weighted by atomic mass is 19.4. The summed E-state index contributed by atoms with van der Waals surface area (Å²) in [7, 11) is 0. The lowest BCUT2D eigenvalue weighted by atomic mass is 9.85. The first kappa shape index (κ1) is 22.3. The Hall–Kier alpha value is -3.35. The molecule has 0 aliphatic heterocycles. The lowest BCUT2D eigenvalue weighted by Gasteiger charge is -2.26. The molecule has 0 bridgehead atoms. The summed E-state index contributed by atoms with van der Waals surface area (Å²) in [6, 6.07) is 8.83. The van der Waals surface area contributed by atoms with Crippen LogP contribution in [0.15, 0.2) is 54.9 Å². The molecule has 0 saturated carbocycles. The van der Waals surface area contributed by atoms with Gasteiger partial charge in [-0.25, -0.2) is 0 Å². The van der Waals surface area contributed by atoms with Crippen molar-refractivity contribution in [3.05, 3.63) is 66.0 Å². The second-order valence-electron chi connectivity index (χ2n) is 6.22. The number of benzene rings is 2. The van der Waals surface area contributed by atoms with E-state index in [1.54, 1.807) is 0 Å². The zero-order valence-electron chi connectivity index (χ0n) is 15.4. The van der Waals surface area contributed by atoms with E-state index in [-0.39, 0.29) is 0 Å². The summed E-state index contributed by atoms with van der Waals surface area (Å²) in [5, 5.41) is 21.1. The van der Waals surface area contributed by atoms with Gasteiger partial charge >= 0.3 is 12.7 Å². The number of alkyl halides is 6. The first-order valence-electron chi connectivity index (χ1n) is 8.60. The number of aliphatic hydroxyl groups is 1. The number of aromatic nitrogens is 4. The number of aliphatic hydroxyl groups excluding tert-OH is 1. The van der Waals surface area contributed by atoms with E-state index in [2.05, 4.69) is 24.9 Å². The van der Waals surface area contributed by atoms with Gasteiger partial charge in [0.2, 0.25) is 0 Å². The maximum absolute atomic E-state index is 12.4. The van der Waals surface area contributed by atoms with E-state index in [9.17, 15) is 31.4 Å². The number of rotatable bonds is 7. The van der Waals surface area contributed by atoms with E-state index in [0.717, 1.165) is 35.4 Å². The molecule has 1 N–H and O–H groups in total. The highest BCUT2D eigenvalue weighted by Gasteiger charge is 2.33. The quantitative estimate of drug-likeness (QED) is 0.554. The molecule has 7 nitrogen and oxygen atoms in total. The Bertz CT molecular complexity index is 900. The Morgan fingerprint density at radius 2 is 1.26 bits per heavy atom. The van der Waals surface area contributed by atoms with Gasteiger partial charge in [0.05, 0.1) is 6.61 Å². The highest BCUT2D eigenvalue weighted by Crippen LogP contribution is 2.37. The third kappa shape index (κ3) is 6.07. The van der Waals surface area contributed by atoms with Crippen LogP contribution in [0.3, 0.4) is 0 Å². The number of halogens is 6. The van der Waals surface area contributed by atoms with Crippen LogP contribution in [0.5, 0.6) is 11.5 Å². The summed E-state index contributed by atoms with van der Waals surface area (Å²) in [6.45, 7) is -0.497. The number of nitrogens with zero attached hydrogens (tertiary/aromatic N) is 4. The van der Waals surface area contributed by atoms with Crippen LogP contribution in [-0.4, -0.2) is 44.6 Å². The van der Waals surface area contributed by atoms with E-state index in [0.29, 0.717) is 11.1 Å².